The van der Waals surface area contributed by atoms with Crippen molar-refractivity contribution < 1.29 is 33.3 Å². The molecule has 0 aliphatic heterocycles. The highest BCUT2D eigenvalue weighted by Crippen LogP contribution is 2.32. The van der Waals surface area contributed by atoms with Gasteiger partial charge in [-0.1, -0.05) is 52.0 Å². The highest BCUT2D eigenvalue weighted by Gasteiger charge is 2.31. The second kappa shape index (κ2) is 16.5. The fourth-order valence-corrected chi connectivity index (χ4v) is 4.86. The molecule has 242 valence electrons. The number of hydrogen-bond acceptors (Lipinski definition) is 8. The van der Waals surface area contributed by atoms with Gasteiger partial charge in [0.05, 0.1) is 26.2 Å². The van der Waals surface area contributed by atoms with E-state index < -0.39 is 23.8 Å². The van der Waals surface area contributed by atoms with E-state index in [1.54, 1.807) is 13.8 Å². The number of carbonyl (C=O) groups excluding carboxylic acids is 3. The fourth-order valence-electron chi connectivity index (χ4n) is 4.86. The van der Waals surface area contributed by atoms with Crippen molar-refractivity contribution in [2.24, 2.45) is 11.8 Å². The van der Waals surface area contributed by atoms with Gasteiger partial charge in [-0.2, -0.15) is 0 Å². The fraction of sp³-hybridized carbons (Fsp3) is 0.429. The number of ether oxygens (including phenoxy) is 4. The van der Waals surface area contributed by atoms with E-state index in [1.807, 2.05) is 83.1 Å². The van der Waals surface area contributed by atoms with Crippen molar-refractivity contribution in [2.75, 3.05) is 20.3 Å². The Labute approximate surface area is 265 Å². The summed E-state index contributed by atoms with van der Waals surface area (Å²) in [6, 6.07) is 15.8. The van der Waals surface area contributed by atoms with E-state index in [0.717, 1.165) is 22.6 Å². The standard InChI is InChI=1S/C35H45N3O7/c1-9-43-26-15-11-24(12-16-26)29(25-13-17-27(18-14-25)44-10-2)23(7)37-33(39)30(21(3)4)38-34(40)31-32(45-35(41)22(5)6)28(42-8)19-20-36-31/h11-23,29-30H,9-10H2,1-8H3,(H,37,39)(H,38,40)/t23-,30-/m0/s1. The van der Waals surface area contributed by atoms with Gasteiger partial charge in [-0.05, 0) is 62.1 Å². The normalized spacial score (nSPS) is 12.4. The average Bonchev–Trinajstić information content (AvgIpc) is 3.01. The number of amides is 2. The molecule has 2 amide bonds. The van der Waals surface area contributed by atoms with E-state index in [0.29, 0.717) is 13.2 Å². The number of rotatable bonds is 15. The van der Waals surface area contributed by atoms with Gasteiger partial charge in [-0.25, -0.2) is 4.98 Å². The molecule has 0 spiro atoms. The number of methoxy groups -OCH3 is 1. The molecule has 10 nitrogen and oxygen atoms in total. The molecular weight excluding hydrogens is 574 g/mol. The Bertz CT molecular complexity index is 1370. The maximum atomic E-state index is 13.8. The van der Waals surface area contributed by atoms with Crippen LogP contribution in [0.1, 0.15) is 76.0 Å². The summed E-state index contributed by atoms with van der Waals surface area (Å²) in [4.78, 5) is 43.9. The van der Waals surface area contributed by atoms with Crippen molar-refractivity contribution in [3.05, 3.63) is 77.6 Å². The summed E-state index contributed by atoms with van der Waals surface area (Å²) < 4.78 is 22.1. The maximum Gasteiger partial charge on any atom is 0.313 e. The molecule has 10 heteroatoms. The van der Waals surface area contributed by atoms with Crippen LogP contribution < -0.4 is 29.6 Å². The molecule has 0 aliphatic rings. The van der Waals surface area contributed by atoms with Gasteiger partial charge in [0.2, 0.25) is 11.7 Å². The first-order valence-corrected chi connectivity index (χ1v) is 15.3. The van der Waals surface area contributed by atoms with Gasteiger partial charge in [-0.15, -0.1) is 0 Å². The second-order valence-corrected chi connectivity index (χ2v) is 11.2. The maximum absolute atomic E-state index is 13.8. The van der Waals surface area contributed by atoms with Crippen molar-refractivity contribution in [1.29, 1.82) is 0 Å². The highest BCUT2D eigenvalue weighted by atomic mass is 16.6. The first kappa shape index (κ1) is 34.9. The van der Waals surface area contributed by atoms with Crippen LogP contribution >= 0.6 is 0 Å². The van der Waals surface area contributed by atoms with Gasteiger partial charge in [0.1, 0.15) is 17.5 Å². The number of hydrogen-bond donors (Lipinski definition) is 2. The molecule has 0 bridgehead atoms. The molecule has 1 heterocycles. The summed E-state index contributed by atoms with van der Waals surface area (Å²) in [6.07, 6.45) is 1.38. The minimum Gasteiger partial charge on any atom is -0.494 e. The van der Waals surface area contributed by atoms with Crippen LogP contribution in [0, 0.1) is 11.8 Å². The van der Waals surface area contributed by atoms with Crippen LogP contribution in [0.4, 0.5) is 0 Å². The van der Waals surface area contributed by atoms with Gasteiger partial charge < -0.3 is 29.6 Å². The molecule has 45 heavy (non-hydrogen) atoms. The number of carbonyl (C=O) groups is 3. The first-order valence-electron chi connectivity index (χ1n) is 15.3. The van der Waals surface area contributed by atoms with Crippen molar-refractivity contribution >= 4 is 17.8 Å². The predicted molar refractivity (Wildman–Crippen MR) is 172 cm³/mol. The summed E-state index contributed by atoms with van der Waals surface area (Å²) in [6.45, 7) is 13.9. The Morgan fingerprint density at radius 2 is 1.31 bits per heavy atom. The monoisotopic (exact) mass is 619 g/mol. The Morgan fingerprint density at radius 3 is 1.76 bits per heavy atom. The van der Waals surface area contributed by atoms with E-state index in [-0.39, 0.29) is 41.0 Å². The van der Waals surface area contributed by atoms with Crippen LogP contribution in [0.15, 0.2) is 60.8 Å². The third-order valence-corrected chi connectivity index (χ3v) is 7.18. The van der Waals surface area contributed by atoms with Crippen molar-refractivity contribution in [3.63, 3.8) is 0 Å². The van der Waals surface area contributed by atoms with Crippen LogP contribution in [-0.4, -0.2) is 55.2 Å². The van der Waals surface area contributed by atoms with Crippen LogP contribution in [0.2, 0.25) is 0 Å². The molecule has 3 rings (SSSR count). The van der Waals surface area contributed by atoms with Crippen molar-refractivity contribution in [2.45, 2.75) is 66.5 Å². The van der Waals surface area contributed by atoms with Crippen molar-refractivity contribution in [1.82, 2.24) is 15.6 Å². The summed E-state index contributed by atoms with van der Waals surface area (Å²) in [5.74, 6) is -0.916. The topological polar surface area (TPSA) is 125 Å². The van der Waals surface area contributed by atoms with Crippen LogP contribution in [-0.2, 0) is 9.59 Å². The molecule has 0 aliphatic carbocycles. The van der Waals surface area contributed by atoms with Gasteiger partial charge >= 0.3 is 5.97 Å². The molecular formula is C35H45N3O7. The lowest BCUT2D eigenvalue weighted by atomic mass is 9.85. The lowest BCUT2D eigenvalue weighted by molar-refractivity contribution is -0.138. The zero-order valence-corrected chi connectivity index (χ0v) is 27.4. The number of esters is 1. The number of pyridine rings is 1. The lowest BCUT2D eigenvalue weighted by Gasteiger charge is -2.29. The summed E-state index contributed by atoms with van der Waals surface area (Å²) in [5, 5.41) is 5.93. The predicted octanol–water partition coefficient (Wildman–Crippen LogP) is 5.54. The van der Waals surface area contributed by atoms with Crippen LogP contribution in [0.25, 0.3) is 0 Å². The van der Waals surface area contributed by atoms with Crippen LogP contribution in [0.5, 0.6) is 23.0 Å². The lowest BCUT2D eigenvalue weighted by Crippen LogP contribution is -2.52. The molecule has 0 fully saturated rings. The second-order valence-electron chi connectivity index (χ2n) is 11.2. The third-order valence-electron chi connectivity index (χ3n) is 7.18. The minimum atomic E-state index is -0.914. The summed E-state index contributed by atoms with van der Waals surface area (Å²) in [5.41, 5.74) is 1.81. The molecule has 0 saturated carbocycles. The van der Waals surface area contributed by atoms with Gasteiger partial charge in [0, 0.05) is 24.2 Å². The van der Waals surface area contributed by atoms with E-state index >= 15 is 0 Å². The number of nitrogens with zero attached hydrogens (tertiary/aromatic N) is 1. The Kier molecular flexibility index (Phi) is 12.8. The zero-order chi connectivity index (χ0) is 33.1. The van der Waals surface area contributed by atoms with E-state index in [2.05, 4.69) is 15.6 Å². The summed E-state index contributed by atoms with van der Waals surface area (Å²) >= 11 is 0. The summed E-state index contributed by atoms with van der Waals surface area (Å²) in [7, 11) is 1.40. The van der Waals surface area contributed by atoms with E-state index in [1.165, 1.54) is 19.4 Å². The molecule has 0 unspecified atom stereocenters. The minimum absolute atomic E-state index is 0.0986. The van der Waals surface area contributed by atoms with E-state index in [4.69, 9.17) is 18.9 Å². The Balaban J connectivity index is 1.89. The first-order chi connectivity index (χ1) is 21.5. The third kappa shape index (κ3) is 9.20. The molecule has 2 N–H and O–H groups in total. The quantitative estimate of drug-likeness (QED) is 0.213. The molecule has 3 aromatic rings. The van der Waals surface area contributed by atoms with Crippen LogP contribution in [0.3, 0.4) is 0 Å². The Hall–Kier alpha value is -4.60. The number of aromatic nitrogens is 1. The molecule has 2 aromatic carbocycles. The Morgan fingerprint density at radius 1 is 0.778 bits per heavy atom. The molecule has 0 saturated heterocycles. The van der Waals surface area contributed by atoms with Crippen molar-refractivity contribution in [3.8, 4) is 23.0 Å². The SMILES string of the molecule is CCOc1ccc(C(c2ccc(OCC)cc2)[C@H](C)NC(=O)[C@@H](NC(=O)c2nccc(OC)c2OC(=O)C(C)C)C(C)C)cc1. The average molecular weight is 620 g/mol. The van der Waals surface area contributed by atoms with E-state index in [9.17, 15) is 14.4 Å². The highest BCUT2D eigenvalue weighted by molar-refractivity contribution is 5.99. The smallest absolute Gasteiger partial charge is 0.313 e. The van der Waals surface area contributed by atoms with Gasteiger partial charge in [0.15, 0.2) is 11.4 Å². The number of nitrogens with one attached hydrogen (secondary N) is 2. The molecule has 0 radical (unpaired) electrons. The zero-order valence-electron chi connectivity index (χ0n) is 27.4. The van der Waals surface area contributed by atoms with Gasteiger partial charge in [-0.3, -0.25) is 14.4 Å². The molecule has 1 aromatic heterocycles. The number of benzene rings is 2. The molecule has 2 atom stereocenters. The largest absolute Gasteiger partial charge is 0.494 e. The van der Waals surface area contributed by atoms with Gasteiger partial charge in [0.25, 0.3) is 5.91 Å².